The Morgan fingerprint density at radius 2 is 1.79 bits per heavy atom. The number of aryl methyl sites for hydroxylation is 2. The fourth-order valence-corrected chi connectivity index (χ4v) is 3.38. The summed E-state index contributed by atoms with van der Waals surface area (Å²) in [4.78, 5) is 17.3. The molecule has 4 rings (SSSR count). The predicted octanol–water partition coefficient (Wildman–Crippen LogP) is 4.66. The molecular weight excluding hydrogens is 348 g/mol. The van der Waals surface area contributed by atoms with Gasteiger partial charge in [-0.3, -0.25) is 14.5 Å². The molecule has 1 N–H and O–H groups in total. The van der Waals surface area contributed by atoms with Crippen LogP contribution in [0, 0.1) is 20.8 Å². The first-order valence-corrected chi connectivity index (χ1v) is 9.27. The number of nitrogens with one attached hydrogen (secondary N) is 1. The van der Waals surface area contributed by atoms with Crippen LogP contribution in [0.15, 0.2) is 60.8 Å². The molecule has 0 bridgehead atoms. The molecule has 0 aliphatic carbocycles. The number of hydrogen-bond donors (Lipinski definition) is 1. The highest BCUT2D eigenvalue weighted by molar-refractivity contribution is 6.06. The van der Waals surface area contributed by atoms with E-state index in [4.69, 9.17) is 0 Å². The Bertz CT molecular complexity index is 1160. The molecule has 0 unspecified atom stereocenters. The zero-order valence-corrected chi connectivity index (χ0v) is 16.2. The van der Waals surface area contributed by atoms with Crippen molar-refractivity contribution in [3.05, 3.63) is 88.9 Å². The Balaban J connectivity index is 1.58. The molecule has 0 saturated carbocycles. The van der Waals surface area contributed by atoms with E-state index in [0.717, 1.165) is 27.9 Å². The van der Waals surface area contributed by atoms with Crippen molar-refractivity contribution < 1.29 is 4.79 Å². The molecule has 2 aromatic carbocycles. The second-order valence-electron chi connectivity index (χ2n) is 7.06. The summed E-state index contributed by atoms with van der Waals surface area (Å²) in [6.45, 7) is 6.50. The Morgan fingerprint density at radius 3 is 2.57 bits per heavy atom. The number of amides is 1. The number of hydrogen-bond acceptors (Lipinski definition) is 3. The van der Waals surface area contributed by atoms with Crippen LogP contribution in [0.2, 0.25) is 0 Å². The fraction of sp³-hybridized carbons (Fsp3) is 0.174. The van der Waals surface area contributed by atoms with Crippen molar-refractivity contribution >= 4 is 22.5 Å². The summed E-state index contributed by atoms with van der Waals surface area (Å²) in [6.07, 6.45) is 1.68. The molecule has 0 atom stereocenters. The van der Waals surface area contributed by atoms with Crippen LogP contribution >= 0.6 is 0 Å². The third-order valence-electron chi connectivity index (χ3n) is 4.91. The molecular formula is C23H22N4O. The van der Waals surface area contributed by atoms with Crippen LogP contribution < -0.4 is 5.32 Å². The maximum Gasteiger partial charge on any atom is 0.259 e. The lowest BCUT2D eigenvalue weighted by Gasteiger charge is -2.08. The summed E-state index contributed by atoms with van der Waals surface area (Å²) < 4.78 is 1.88. The minimum atomic E-state index is -0.165. The zero-order chi connectivity index (χ0) is 19.7. The molecule has 5 nitrogen and oxygen atoms in total. The fourth-order valence-electron chi connectivity index (χ4n) is 3.38. The van der Waals surface area contributed by atoms with Crippen LogP contribution in [0.1, 0.15) is 32.9 Å². The molecule has 0 aliphatic rings. The lowest BCUT2D eigenvalue weighted by Crippen LogP contribution is -2.14. The largest absolute Gasteiger partial charge is 0.320 e. The average molecular weight is 370 g/mol. The van der Waals surface area contributed by atoms with Gasteiger partial charge in [0, 0.05) is 11.1 Å². The van der Waals surface area contributed by atoms with Crippen molar-refractivity contribution in [2.24, 2.45) is 0 Å². The van der Waals surface area contributed by atoms with Gasteiger partial charge in [0.2, 0.25) is 0 Å². The van der Waals surface area contributed by atoms with E-state index in [0.29, 0.717) is 17.8 Å². The van der Waals surface area contributed by atoms with E-state index < -0.39 is 0 Å². The van der Waals surface area contributed by atoms with Gasteiger partial charge in [0.15, 0.2) is 0 Å². The first-order valence-electron chi connectivity index (χ1n) is 9.27. The summed E-state index contributed by atoms with van der Waals surface area (Å²) in [5, 5.41) is 8.53. The number of fused-ring (bicyclic) bond motifs is 1. The van der Waals surface area contributed by atoms with Gasteiger partial charge < -0.3 is 5.32 Å². The Morgan fingerprint density at radius 1 is 1.04 bits per heavy atom. The lowest BCUT2D eigenvalue weighted by atomic mass is 10.1. The van der Waals surface area contributed by atoms with Gasteiger partial charge in [-0.25, -0.2) is 0 Å². The van der Waals surface area contributed by atoms with E-state index in [9.17, 15) is 4.79 Å². The molecule has 1 amide bonds. The highest BCUT2D eigenvalue weighted by Gasteiger charge is 2.19. The molecule has 0 spiro atoms. The SMILES string of the molecule is Cc1ccc(Cn2nc(C)c(C(=O)Nc3cnc4ccccc4c3)c2C)cc1. The summed E-state index contributed by atoms with van der Waals surface area (Å²) in [5.41, 5.74) is 6.14. The molecule has 2 heterocycles. The highest BCUT2D eigenvalue weighted by atomic mass is 16.1. The second-order valence-corrected chi connectivity index (χ2v) is 7.06. The number of carbonyl (C=O) groups excluding carboxylic acids is 1. The van der Waals surface area contributed by atoms with Gasteiger partial charge in [-0.2, -0.15) is 5.10 Å². The van der Waals surface area contributed by atoms with E-state index in [1.165, 1.54) is 5.56 Å². The maximum atomic E-state index is 12.9. The molecule has 5 heteroatoms. The first-order chi connectivity index (χ1) is 13.5. The highest BCUT2D eigenvalue weighted by Crippen LogP contribution is 2.20. The summed E-state index contributed by atoms with van der Waals surface area (Å²) in [7, 11) is 0. The molecule has 28 heavy (non-hydrogen) atoms. The Labute approximate surface area is 164 Å². The number of carbonyl (C=O) groups is 1. The smallest absolute Gasteiger partial charge is 0.259 e. The van der Waals surface area contributed by atoms with Crippen LogP contribution in [-0.2, 0) is 6.54 Å². The number of benzene rings is 2. The lowest BCUT2D eigenvalue weighted by molar-refractivity contribution is 0.102. The topological polar surface area (TPSA) is 59.8 Å². The van der Waals surface area contributed by atoms with Crippen molar-refractivity contribution in [1.82, 2.24) is 14.8 Å². The van der Waals surface area contributed by atoms with Crippen LogP contribution in [0.25, 0.3) is 10.9 Å². The Kier molecular flexibility index (Phi) is 4.65. The van der Waals surface area contributed by atoms with E-state index in [2.05, 4.69) is 46.6 Å². The molecule has 0 fully saturated rings. The van der Waals surface area contributed by atoms with Crippen molar-refractivity contribution in [3.8, 4) is 0 Å². The zero-order valence-electron chi connectivity index (χ0n) is 16.2. The van der Waals surface area contributed by atoms with Crippen LogP contribution in [0.3, 0.4) is 0 Å². The van der Waals surface area contributed by atoms with E-state index >= 15 is 0 Å². The molecule has 0 saturated heterocycles. The molecule has 0 radical (unpaired) electrons. The van der Waals surface area contributed by atoms with Crippen LogP contribution in [0.5, 0.6) is 0 Å². The summed E-state index contributed by atoms with van der Waals surface area (Å²) in [6, 6.07) is 18.1. The normalized spacial score (nSPS) is 11.0. The summed E-state index contributed by atoms with van der Waals surface area (Å²) >= 11 is 0. The average Bonchev–Trinajstić information content (AvgIpc) is 2.96. The second kappa shape index (κ2) is 7.27. The van der Waals surface area contributed by atoms with E-state index in [1.807, 2.05) is 48.9 Å². The van der Waals surface area contributed by atoms with Gasteiger partial charge in [-0.05, 0) is 38.5 Å². The van der Waals surface area contributed by atoms with E-state index in [-0.39, 0.29) is 5.91 Å². The number of para-hydroxylation sites is 1. The third-order valence-corrected chi connectivity index (χ3v) is 4.91. The minimum absolute atomic E-state index is 0.165. The summed E-state index contributed by atoms with van der Waals surface area (Å²) in [5.74, 6) is -0.165. The number of pyridine rings is 1. The van der Waals surface area contributed by atoms with Gasteiger partial charge in [0.1, 0.15) is 0 Å². The monoisotopic (exact) mass is 370 g/mol. The number of anilines is 1. The van der Waals surface area contributed by atoms with Crippen molar-refractivity contribution in [1.29, 1.82) is 0 Å². The number of nitrogens with zero attached hydrogens (tertiary/aromatic N) is 3. The molecule has 0 aliphatic heterocycles. The third kappa shape index (κ3) is 3.51. The first kappa shape index (κ1) is 17.9. The van der Waals surface area contributed by atoms with Gasteiger partial charge in [-0.1, -0.05) is 48.0 Å². The number of rotatable bonds is 4. The standard InChI is InChI=1S/C23H22N4O/c1-15-8-10-18(11-9-15)14-27-17(3)22(16(2)26-27)23(28)25-20-12-19-6-4-5-7-21(19)24-13-20/h4-13H,14H2,1-3H3,(H,25,28). The van der Waals surface area contributed by atoms with Crippen LogP contribution in [-0.4, -0.2) is 20.7 Å². The van der Waals surface area contributed by atoms with Crippen molar-refractivity contribution in [2.75, 3.05) is 5.32 Å². The maximum absolute atomic E-state index is 12.9. The van der Waals surface area contributed by atoms with Crippen LogP contribution in [0.4, 0.5) is 5.69 Å². The van der Waals surface area contributed by atoms with Gasteiger partial charge in [-0.15, -0.1) is 0 Å². The molecule has 4 aromatic rings. The molecule has 2 aromatic heterocycles. The van der Waals surface area contributed by atoms with Crippen molar-refractivity contribution in [2.45, 2.75) is 27.3 Å². The van der Waals surface area contributed by atoms with Gasteiger partial charge in [0.25, 0.3) is 5.91 Å². The van der Waals surface area contributed by atoms with Gasteiger partial charge in [0.05, 0.1) is 35.2 Å². The quantitative estimate of drug-likeness (QED) is 0.568. The Hall–Kier alpha value is -3.47. The van der Waals surface area contributed by atoms with Crippen molar-refractivity contribution in [3.63, 3.8) is 0 Å². The molecule has 140 valence electrons. The van der Waals surface area contributed by atoms with Gasteiger partial charge >= 0.3 is 0 Å². The number of aromatic nitrogens is 3. The predicted molar refractivity (Wildman–Crippen MR) is 112 cm³/mol. The minimum Gasteiger partial charge on any atom is -0.320 e. The van der Waals surface area contributed by atoms with E-state index in [1.54, 1.807) is 6.20 Å².